The smallest absolute Gasteiger partial charge is 0.295 e. The van der Waals surface area contributed by atoms with Crippen molar-refractivity contribution in [1.29, 1.82) is 0 Å². The van der Waals surface area contributed by atoms with Gasteiger partial charge in [0, 0.05) is 7.26 Å². The molecule has 1 aliphatic carbocycles. The van der Waals surface area contributed by atoms with Crippen LogP contribution in [-0.2, 0) is 10.1 Å². The zero-order valence-electron chi connectivity index (χ0n) is 17.4. The van der Waals surface area contributed by atoms with Crippen LogP contribution in [0.4, 0.5) is 0 Å². The Morgan fingerprint density at radius 1 is 0.931 bits per heavy atom. The highest BCUT2D eigenvalue weighted by Gasteiger charge is 2.27. The van der Waals surface area contributed by atoms with Crippen LogP contribution in [0.1, 0.15) is 42.5 Å². The van der Waals surface area contributed by atoms with Gasteiger partial charge >= 0.3 is 0 Å². The molecule has 0 aromatic heterocycles. The summed E-state index contributed by atoms with van der Waals surface area (Å²) in [4.78, 5) is -0.396. The molecule has 4 rings (SSSR count). The summed E-state index contributed by atoms with van der Waals surface area (Å²) >= 11 is 0. The van der Waals surface area contributed by atoms with Crippen LogP contribution in [-0.4, -0.2) is 18.1 Å². The van der Waals surface area contributed by atoms with Crippen LogP contribution in [0, 0.1) is 0 Å². The molecule has 146 valence electrons. The van der Waals surface area contributed by atoms with Gasteiger partial charge in [0.05, 0.1) is 7.45 Å². The summed E-state index contributed by atoms with van der Waals surface area (Å²) in [5.41, 5.74) is 2.00. The summed E-state index contributed by atoms with van der Waals surface area (Å²) in [5.74, 6) is -1.98. The fourth-order valence-corrected chi connectivity index (χ4v) is 4.01. The van der Waals surface area contributed by atoms with Gasteiger partial charge in [0.25, 0.3) is 10.1 Å². The van der Waals surface area contributed by atoms with E-state index in [9.17, 15) is 18.1 Å². The van der Waals surface area contributed by atoms with Crippen molar-refractivity contribution in [2.75, 3.05) is 0 Å². The zero-order valence-corrected chi connectivity index (χ0v) is 16.2. The second-order valence-electron chi connectivity index (χ2n) is 6.65. The second-order valence-corrected chi connectivity index (χ2v) is 8.04. The molecule has 0 heterocycles. The lowest BCUT2D eigenvalue weighted by atomic mass is 9.82. The third kappa shape index (κ3) is 4.07. The molecule has 0 aliphatic heterocycles. The normalized spacial score (nSPS) is 24.8. The van der Waals surface area contributed by atoms with Crippen LogP contribution < -0.4 is 0 Å². The van der Waals surface area contributed by atoms with E-state index in [0.717, 1.165) is 11.6 Å². The van der Waals surface area contributed by atoms with Crippen LogP contribution in [0.2, 0.25) is 0 Å². The van der Waals surface area contributed by atoms with Crippen molar-refractivity contribution in [1.82, 2.24) is 0 Å². The van der Waals surface area contributed by atoms with E-state index in [1.54, 1.807) is 42.5 Å². The van der Waals surface area contributed by atoms with Gasteiger partial charge in [-0.3, -0.25) is 4.55 Å². The Morgan fingerprint density at radius 3 is 2.41 bits per heavy atom. The van der Waals surface area contributed by atoms with Gasteiger partial charge in [0.2, 0.25) is 0 Å². The van der Waals surface area contributed by atoms with E-state index in [1.807, 2.05) is 30.3 Å². The topological polar surface area (TPSA) is 74.6 Å². The lowest BCUT2D eigenvalue weighted by molar-refractivity contribution is 0.160. The number of hydrogen-bond donors (Lipinski definition) is 2. The molecule has 1 aliphatic rings. The van der Waals surface area contributed by atoms with Gasteiger partial charge in [-0.15, -0.1) is 0 Å². The highest BCUT2D eigenvalue weighted by atomic mass is 32.2. The van der Waals surface area contributed by atoms with Gasteiger partial charge in [-0.1, -0.05) is 91.0 Å². The molecule has 29 heavy (non-hydrogen) atoms. The van der Waals surface area contributed by atoms with Crippen LogP contribution >= 0.6 is 0 Å². The van der Waals surface area contributed by atoms with Crippen molar-refractivity contribution in [2.24, 2.45) is 0 Å². The van der Waals surface area contributed by atoms with E-state index < -0.39 is 27.0 Å². The first kappa shape index (κ1) is 16.9. The van der Waals surface area contributed by atoms with E-state index in [0.29, 0.717) is 5.56 Å². The zero-order chi connectivity index (χ0) is 22.3. The summed E-state index contributed by atoms with van der Waals surface area (Å²) < 4.78 is 51.5. The molecular formula is C24H20O4S. The molecule has 0 radical (unpaired) electrons. The molecule has 0 saturated carbocycles. The van der Waals surface area contributed by atoms with Crippen LogP contribution in [0.25, 0.3) is 18.2 Å². The number of hydrogen-bond acceptors (Lipinski definition) is 3. The van der Waals surface area contributed by atoms with Crippen molar-refractivity contribution in [2.45, 2.75) is 16.9 Å². The van der Waals surface area contributed by atoms with Gasteiger partial charge in [-0.25, -0.2) is 0 Å². The Balaban J connectivity index is 1.83. The number of rotatable bonds is 4. The Bertz CT molecular complexity index is 1300. The van der Waals surface area contributed by atoms with Gasteiger partial charge < -0.3 is 5.11 Å². The molecule has 0 bridgehead atoms. The third-order valence-electron chi connectivity index (χ3n) is 4.76. The molecule has 0 spiro atoms. The predicted octanol–water partition coefficient (Wildman–Crippen LogP) is 4.95. The quantitative estimate of drug-likeness (QED) is 0.475. The lowest BCUT2D eigenvalue weighted by Crippen LogP contribution is -2.14. The monoisotopic (exact) mass is 406 g/mol. The molecule has 3 aromatic carbocycles. The van der Waals surface area contributed by atoms with Gasteiger partial charge in [-0.2, -0.15) is 8.42 Å². The molecule has 2 unspecified atom stereocenters. The van der Waals surface area contributed by atoms with Crippen LogP contribution in [0.15, 0.2) is 83.8 Å². The standard InChI is InChI=1S/C24H20O4S/c25-24-21-9-5-4-8-18(21)14-15-22(24)20-13-12-19(23(16-20)29(26,27)28)11-10-17-6-2-1-3-7-17/h1-16,22,24-25H,(H,26,27,28)/i22D,24D. The first-order valence-electron chi connectivity index (χ1n) is 9.99. The summed E-state index contributed by atoms with van der Waals surface area (Å²) in [6.07, 6.45) is 3.89. The highest BCUT2D eigenvalue weighted by molar-refractivity contribution is 7.86. The van der Waals surface area contributed by atoms with E-state index >= 15 is 0 Å². The van der Waals surface area contributed by atoms with Crippen LogP contribution in [0.5, 0.6) is 0 Å². The molecule has 0 fully saturated rings. The fourth-order valence-electron chi connectivity index (χ4n) is 3.30. The second kappa shape index (κ2) is 7.79. The highest BCUT2D eigenvalue weighted by Crippen LogP contribution is 2.39. The molecule has 2 N–H and O–H groups in total. The van der Waals surface area contributed by atoms with E-state index in [2.05, 4.69) is 0 Å². The predicted molar refractivity (Wildman–Crippen MR) is 115 cm³/mol. The minimum absolute atomic E-state index is 0.0697. The average Bonchev–Trinajstić information content (AvgIpc) is 2.75. The minimum Gasteiger partial charge on any atom is -0.387 e. The average molecular weight is 406 g/mol. The molecule has 0 amide bonds. The maximum atomic E-state index is 12.1. The molecule has 0 saturated heterocycles. The number of benzene rings is 3. The summed E-state index contributed by atoms with van der Waals surface area (Å²) in [6, 6.07) is 20.1. The third-order valence-corrected chi connectivity index (χ3v) is 5.67. The first-order valence-corrected chi connectivity index (χ1v) is 10.4. The summed E-state index contributed by atoms with van der Waals surface area (Å²) in [7, 11) is -4.63. The Morgan fingerprint density at radius 2 is 1.66 bits per heavy atom. The van der Waals surface area contributed by atoms with Gasteiger partial charge in [0.15, 0.2) is 0 Å². The minimum atomic E-state index is -4.63. The van der Waals surface area contributed by atoms with Gasteiger partial charge in [-0.05, 0) is 33.9 Å². The first-order chi connectivity index (χ1) is 14.6. The summed E-state index contributed by atoms with van der Waals surface area (Å²) in [5, 5.41) is 11.0. The van der Waals surface area contributed by atoms with Crippen molar-refractivity contribution >= 4 is 28.3 Å². The molecule has 2 atom stereocenters. The van der Waals surface area contributed by atoms with E-state index in [1.165, 1.54) is 18.2 Å². The van der Waals surface area contributed by atoms with Crippen molar-refractivity contribution in [3.8, 4) is 0 Å². The van der Waals surface area contributed by atoms with E-state index in [-0.39, 0.29) is 16.7 Å². The molecular weight excluding hydrogens is 384 g/mol. The Hall–Kier alpha value is -2.99. The largest absolute Gasteiger partial charge is 0.387 e. The summed E-state index contributed by atoms with van der Waals surface area (Å²) in [6.45, 7) is 0. The molecule has 3 aromatic rings. The Labute approximate surface area is 173 Å². The fraction of sp³-hybridized carbons (Fsp3) is 0.0833. The van der Waals surface area contributed by atoms with Gasteiger partial charge in [0.1, 0.15) is 4.90 Å². The van der Waals surface area contributed by atoms with Crippen molar-refractivity contribution in [3.63, 3.8) is 0 Å². The SMILES string of the molecule is [2H]C1(O)c2ccccc2C=CC1([2H])c1ccc(C=Cc2ccccc2)c(S(=O)(=O)O)c1. The van der Waals surface area contributed by atoms with E-state index in [4.69, 9.17) is 2.74 Å². The maximum Gasteiger partial charge on any atom is 0.295 e. The van der Waals surface area contributed by atoms with Crippen LogP contribution in [0.3, 0.4) is 0 Å². The molecule has 4 nitrogen and oxygen atoms in total. The van der Waals surface area contributed by atoms with Crippen molar-refractivity contribution in [3.05, 3.63) is 107 Å². The number of aliphatic hydroxyl groups is 1. The van der Waals surface area contributed by atoms with Crippen molar-refractivity contribution < 1.29 is 20.8 Å². The number of fused-ring (bicyclic) bond motifs is 1. The maximum absolute atomic E-state index is 12.1. The molecule has 5 heteroatoms. The lowest BCUT2D eigenvalue weighted by Gasteiger charge is -2.26. The Kier molecular flexibility index (Phi) is 4.55.